The van der Waals surface area contributed by atoms with Crippen LogP contribution < -0.4 is 15.4 Å². The van der Waals surface area contributed by atoms with Crippen LogP contribution in [-0.2, 0) is 0 Å². The highest BCUT2D eigenvalue weighted by Crippen LogP contribution is 2.09. The molecular formula is C9H14N4O. The third-order valence-electron chi connectivity index (χ3n) is 2.04. The monoisotopic (exact) mass is 194 g/mol. The summed E-state index contributed by atoms with van der Waals surface area (Å²) in [5.74, 6) is 1.26. The van der Waals surface area contributed by atoms with E-state index in [0.717, 1.165) is 13.1 Å². The first kappa shape index (κ1) is 9.21. The fourth-order valence-electron chi connectivity index (χ4n) is 1.21. The molecule has 1 aliphatic heterocycles. The summed E-state index contributed by atoms with van der Waals surface area (Å²) in [6.45, 7) is 4.51. The van der Waals surface area contributed by atoms with Gasteiger partial charge in [-0.05, 0) is 6.92 Å². The highest BCUT2D eigenvalue weighted by Gasteiger charge is 2.16. The molecule has 0 aromatic carbocycles. The molecule has 0 bridgehead atoms. The lowest BCUT2D eigenvalue weighted by atomic mass is 10.2. The second-order valence-electron chi connectivity index (χ2n) is 3.15. The number of ether oxygens (including phenoxy) is 1. The molecule has 0 unspecified atom stereocenters. The van der Waals surface area contributed by atoms with Gasteiger partial charge in [0.1, 0.15) is 0 Å². The van der Waals surface area contributed by atoms with Crippen molar-refractivity contribution in [1.82, 2.24) is 15.3 Å². The molecule has 0 radical (unpaired) electrons. The molecule has 5 heteroatoms. The Balaban J connectivity index is 1.97. The molecule has 5 nitrogen and oxygen atoms in total. The molecule has 2 rings (SSSR count). The average molecular weight is 194 g/mol. The first-order valence-electron chi connectivity index (χ1n) is 4.81. The highest BCUT2D eigenvalue weighted by atomic mass is 16.5. The van der Waals surface area contributed by atoms with Gasteiger partial charge in [-0.2, -0.15) is 4.98 Å². The molecule has 0 amide bonds. The summed E-state index contributed by atoms with van der Waals surface area (Å²) in [4.78, 5) is 8.33. The standard InChI is InChI=1S/C9H14N4O/c1-2-14-8-3-4-11-9(13-8)12-7-5-10-6-7/h3-4,7,10H,2,5-6H2,1H3,(H,11,12,13). The summed E-state index contributed by atoms with van der Waals surface area (Å²) in [7, 11) is 0. The Morgan fingerprint density at radius 2 is 2.50 bits per heavy atom. The maximum atomic E-state index is 5.27. The van der Waals surface area contributed by atoms with Gasteiger partial charge < -0.3 is 15.4 Å². The van der Waals surface area contributed by atoms with Gasteiger partial charge in [-0.25, -0.2) is 4.98 Å². The van der Waals surface area contributed by atoms with Gasteiger partial charge in [0.25, 0.3) is 0 Å². The molecule has 0 saturated carbocycles. The van der Waals surface area contributed by atoms with E-state index >= 15 is 0 Å². The summed E-state index contributed by atoms with van der Waals surface area (Å²) >= 11 is 0. The van der Waals surface area contributed by atoms with Crippen LogP contribution >= 0.6 is 0 Å². The van der Waals surface area contributed by atoms with Crippen LogP contribution in [-0.4, -0.2) is 35.7 Å². The van der Waals surface area contributed by atoms with Gasteiger partial charge in [0.15, 0.2) is 0 Å². The second-order valence-corrected chi connectivity index (χ2v) is 3.15. The van der Waals surface area contributed by atoms with E-state index in [1.165, 1.54) is 0 Å². The molecule has 1 aliphatic rings. The molecule has 76 valence electrons. The lowest BCUT2D eigenvalue weighted by Gasteiger charge is -2.27. The Morgan fingerprint density at radius 3 is 3.14 bits per heavy atom. The van der Waals surface area contributed by atoms with Crippen molar-refractivity contribution in [3.05, 3.63) is 12.3 Å². The minimum Gasteiger partial charge on any atom is -0.478 e. The van der Waals surface area contributed by atoms with Crippen molar-refractivity contribution in [2.45, 2.75) is 13.0 Å². The number of rotatable bonds is 4. The topological polar surface area (TPSA) is 59.1 Å². The molecule has 0 spiro atoms. The van der Waals surface area contributed by atoms with Crippen LogP contribution in [0.5, 0.6) is 5.88 Å². The molecule has 0 atom stereocenters. The van der Waals surface area contributed by atoms with Crippen LogP contribution in [0.2, 0.25) is 0 Å². The molecular weight excluding hydrogens is 180 g/mol. The van der Waals surface area contributed by atoms with Crippen LogP contribution in [0.3, 0.4) is 0 Å². The van der Waals surface area contributed by atoms with Crippen molar-refractivity contribution in [3.63, 3.8) is 0 Å². The zero-order valence-electron chi connectivity index (χ0n) is 8.16. The molecule has 1 fully saturated rings. The Kier molecular flexibility index (Phi) is 2.78. The zero-order valence-corrected chi connectivity index (χ0v) is 8.16. The summed E-state index contributed by atoms with van der Waals surface area (Å²) in [5, 5.41) is 6.38. The SMILES string of the molecule is CCOc1ccnc(NC2CNC2)n1. The fourth-order valence-corrected chi connectivity index (χ4v) is 1.21. The van der Waals surface area contributed by atoms with Crippen molar-refractivity contribution in [2.75, 3.05) is 25.0 Å². The van der Waals surface area contributed by atoms with E-state index in [9.17, 15) is 0 Å². The van der Waals surface area contributed by atoms with Gasteiger partial charge >= 0.3 is 0 Å². The Morgan fingerprint density at radius 1 is 1.64 bits per heavy atom. The lowest BCUT2D eigenvalue weighted by molar-refractivity contribution is 0.326. The van der Waals surface area contributed by atoms with Crippen LogP contribution in [0.15, 0.2) is 12.3 Å². The smallest absolute Gasteiger partial charge is 0.226 e. The van der Waals surface area contributed by atoms with E-state index in [-0.39, 0.29) is 0 Å². The predicted octanol–water partition coefficient (Wildman–Crippen LogP) is 0.259. The van der Waals surface area contributed by atoms with Crippen LogP contribution in [0.4, 0.5) is 5.95 Å². The Bertz CT molecular complexity index is 301. The molecule has 2 heterocycles. The molecule has 1 aromatic rings. The maximum Gasteiger partial charge on any atom is 0.226 e. The quantitative estimate of drug-likeness (QED) is 0.720. The van der Waals surface area contributed by atoms with Crippen LogP contribution in [0, 0.1) is 0 Å². The first-order chi connectivity index (χ1) is 6.88. The van der Waals surface area contributed by atoms with Crippen molar-refractivity contribution in [3.8, 4) is 5.88 Å². The number of hydrogen-bond acceptors (Lipinski definition) is 5. The largest absolute Gasteiger partial charge is 0.478 e. The predicted molar refractivity (Wildman–Crippen MR) is 53.5 cm³/mol. The van der Waals surface area contributed by atoms with E-state index in [1.807, 2.05) is 6.92 Å². The third kappa shape index (κ3) is 2.11. The number of nitrogens with zero attached hydrogens (tertiary/aromatic N) is 2. The summed E-state index contributed by atoms with van der Waals surface area (Å²) in [6.07, 6.45) is 1.70. The molecule has 1 aromatic heterocycles. The van der Waals surface area contributed by atoms with Gasteiger partial charge in [0.2, 0.25) is 11.8 Å². The summed E-state index contributed by atoms with van der Waals surface area (Å²) < 4.78 is 5.27. The minimum atomic E-state index is 0.451. The summed E-state index contributed by atoms with van der Waals surface area (Å²) in [5.41, 5.74) is 0. The molecule has 1 saturated heterocycles. The number of anilines is 1. The van der Waals surface area contributed by atoms with Gasteiger partial charge in [-0.1, -0.05) is 0 Å². The normalized spacial score (nSPS) is 16.1. The third-order valence-corrected chi connectivity index (χ3v) is 2.04. The minimum absolute atomic E-state index is 0.451. The molecule has 14 heavy (non-hydrogen) atoms. The van der Waals surface area contributed by atoms with Gasteiger partial charge in [-0.3, -0.25) is 0 Å². The summed E-state index contributed by atoms with van der Waals surface area (Å²) in [6, 6.07) is 2.21. The second kappa shape index (κ2) is 4.23. The number of hydrogen-bond donors (Lipinski definition) is 2. The van der Waals surface area contributed by atoms with Gasteiger partial charge in [-0.15, -0.1) is 0 Å². The van der Waals surface area contributed by atoms with E-state index in [1.54, 1.807) is 12.3 Å². The number of nitrogens with one attached hydrogen (secondary N) is 2. The Hall–Kier alpha value is -1.36. The fraction of sp³-hybridized carbons (Fsp3) is 0.556. The lowest BCUT2D eigenvalue weighted by Crippen LogP contribution is -2.51. The van der Waals surface area contributed by atoms with E-state index in [0.29, 0.717) is 24.5 Å². The van der Waals surface area contributed by atoms with Crippen molar-refractivity contribution >= 4 is 5.95 Å². The van der Waals surface area contributed by atoms with Crippen LogP contribution in [0.25, 0.3) is 0 Å². The molecule has 2 N–H and O–H groups in total. The van der Waals surface area contributed by atoms with Crippen molar-refractivity contribution in [2.24, 2.45) is 0 Å². The number of aromatic nitrogens is 2. The zero-order chi connectivity index (χ0) is 9.80. The Labute approximate surface area is 82.9 Å². The molecule has 0 aliphatic carbocycles. The first-order valence-corrected chi connectivity index (χ1v) is 4.81. The van der Waals surface area contributed by atoms with Gasteiger partial charge in [0.05, 0.1) is 12.6 Å². The van der Waals surface area contributed by atoms with Crippen molar-refractivity contribution < 1.29 is 4.74 Å². The van der Waals surface area contributed by atoms with Gasteiger partial charge in [0, 0.05) is 25.4 Å². The highest BCUT2D eigenvalue weighted by molar-refractivity contribution is 5.30. The van der Waals surface area contributed by atoms with E-state index in [2.05, 4.69) is 20.6 Å². The van der Waals surface area contributed by atoms with Crippen molar-refractivity contribution in [1.29, 1.82) is 0 Å². The maximum absolute atomic E-state index is 5.27. The average Bonchev–Trinajstić information content (AvgIpc) is 2.13. The van der Waals surface area contributed by atoms with E-state index in [4.69, 9.17) is 4.74 Å². The van der Waals surface area contributed by atoms with Crippen LogP contribution in [0.1, 0.15) is 6.92 Å². The van der Waals surface area contributed by atoms with E-state index < -0.39 is 0 Å².